The van der Waals surface area contributed by atoms with Crippen molar-refractivity contribution in [2.24, 2.45) is 62.6 Å². The summed E-state index contributed by atoms with van der Waals surface area (Å²) >= 11 is 0. The van der Waals surface area contributed by atoms with Crippen LogP contribution in [0.3, 0.4) is 0 Å². The molecule has 11 unspecified atom stereocenters. The molecule has 0 aromatic heterocycles. The van der Waals surface area contributed by atoms with Crippen LogP contribution < -0.4 is 0 Å². The number of aliphatic hydroxyl groups excluding tert-OH is 1. The maximum Gasteiger partial charge on any atom is 0.330 e. The van der Waals surface area contributed by atoms with Crippen LogP contribution in [0.1, 0.15) is 98.5 Å². The summed E-state index contributed by atoms with van der Waals surface area (Å²) in [4.78, 5) is 25.9. The predicted molar refractivity (Wildman–Crippen MR) is 175 cm³/mol. The second-order valence-corrected chi connectivity index (χ2v) is 16.9. The van der Waals surface area contributed by atoms with Crippen LogP contribution in [-0.4, -0.2) is 40.0 Å². The average molecular weight is 619 g/mol. The molecule has 6 rings (SSSR count). The van der Waals surface area contributed by atoms with Crippen molar-refractivity contribution in [3.8, 4) is 5.75 Å². The summed E-state index contributed by atoms with van der Waals surface area (Å²) in [7, 11) is 0. The van der Waals surface area contributed by atoms with Gasteiger partial charge < -0.3 is 20.1 Å². The van der Waals surface area contributed by atoms with Gasteiger partial charge in [0.05, 0.1) is 18.1 Å². The molecule has 3 N–H and O–H groups in total. The lowest BCUT2D eigenvalue weighted by molar-refractivity contribution is -0.229. The summed E-state index contributed by atoms with van der Waals surface area (Å²) in [6.07, 6.45) is 9.94. The number of hydrogen-bond donors (Lipinski definition) is 3. The number of benzene rings is 1. The predicted octanol–water partition coefficient (Wildman–Crippen LogP) is 7.89. The molecule has 45 heavy (non-hydrogen) atoms. The highest BCUT2D eigenvalue weighted by Gasteiger charge is 2.75. The molecule has 0 saturated heterocycles. The van der Waals surface area contributed by atoms with Crippen LogP contribution in [-0.2, 0) is 14.3 Å². The maximum atomic E-state index is 13.0. The summed E-state index contributed by atoms with van der Waals surface area (Å²) in [5.41, 5.74) is 0.713. The highest BCUT2D eigenvalue weighted by atomic mass is 16.5. The second-order valence-electron chi connectivity index (χ2n) is 16.9. The zero-order valence-corrected chi connectivity index (χ0v) is 28.1. The molecule has 0 amide bonds. The highest BCUT2D eigenvalue weighted by molar-refractivity contribution is 5.87. The summed E-state index contributed by atoms with van der Waals surface area (Å²) in [5.74, 6) is 0.279. The summed E-state index contributed by atoms with van der Waals surface area (Å²) in [6, 6.07) is 6.64. The summed E-state index contributed by atoms with van der Waals surface area (Å²) < 4.78 is 5.92. The van der Waals surface area contributed by atoms with Crippen LogP contribution in [0.4, 0.5) is 0 Å². The fraction of sp³-hybridized carbons (Fsp3) is 0.692. The molecule has 0 aliphatic heterocycles. The number of fused-ring (bicyclic) bond motifs is 7. The Morgan fingerprint density at radius 2 is 1.62 bits per heavy atom. The van der Waals surface area contributed by atoms with Gasteiger partial charge in [-0.2, -0.15) is 0 Å². The maximum absolute atomic E-state index is 13.0. The molecule has 5 aliphatic rings. The van der Waals surface area contributed by atoms with Gasteiger partial charge in [0.25, 0.3) is 0 Å². The van der Waals surface area contributed by atoms with Gasteiger partial charge in [0.1, 0.15) is 5.75 Å². The number of aliphatic hydroxyl groups is 1. The number of hydrogen-bond acceptors (Lipinski definition) is 5. The minimum Gasteiger partial charge on any atom is -0.508 e. The van der Waals surface area contributed by atoms with Crippen molar-refractivity contribution in [3.63, 3.8) is 0 Å². The molecular formula is C39H54O6. The van der Waals surface area contributed by atoms with E-state index in [-0.39, 0.29) is 51.8 Å². The van der Waals surface area contributed by atoms with E-state index < -0.39 is 23.5 Å². The Morgan fingerprint density at radius 1 is 0.933 bits per heavy atom. The van der Waals surface area contributed by atoms with Gasteiger partial charge in [-0.15, -0.1) is 0 Å². The number of aliphatic carboxylic acids is 1. The number of carboxylic acid groups (broad SMARTS) is 1. The molecule has 1 aromatic carbocycles. The van der Waals surface area contributed by atoms with Gasteiger partial charge >= 0.3 is 11.9 Å². The fourth-order valence-corrected chi connectivity index (χ4v) is 12.8. The van der Waals surface area contributed by atoms with Crippen molar-refractivity contribution in [1.82, 2.24) is 0 Å². The van der Waals surface area contributed by atoms with Crippen LogP contribution in [0.5, 0.6) is 5.75 Å². The van der Waals surface area contributed by atoms with Gasteiger partial charge in [-0.3, -0.25) is 4.79 Å². The lowest BCUT2D eigenvalue weighted by Gasteiger charge is -2.70. The molecule has 1 aromatic rings. The Bertz CT molecular complexity index is 1390. The third-order valence-corrected chi connectivity index (χ3v) is 15.2. The van der Waals surface area contributed by atoms with Crippen LogP contribution in [0.2, 0.25) is 0 Å². The number of allylic oxidation sites excluding steroid dienone is 1. The number of ether oxygens (including phenoxy) is 1. The molecule has 11 atom stereocenters. The molecule has 5 saturated carbocycles. The Hall–Kier alpha value is -2.60. The first kappa shape index (κ1) is 32.3. The topological polar surface area (TPSA) is 104 Å². The highest BCUT2D eigenvalue weighted by Crippen LogP contribution is 2.79. The van der Waals surface area contributed by atoms with Gasteiger partial charge in [-0.05, 0) is 133 Å². The SMILES string of the molecule is C=C(C)C1CCC2(C(=O)O)CCC3(C)C(CCC4C5(C)C(COC(=O)C=Cc6ccc(O)cc6)C(O)C(C)(C)C5CCC43C)C12. The molecule has 0 spiro atoms. The molecule has 5 fully saturated rings. The van der Waals surface area contributed by atoms with Crippen molar-refractivity contribution in [2.45, 2.75) is 99.0 Å². The third-order valence-electron chi connectivity index (χ3n) is 15.2. The molecule has 0 radical (unpaired) electrons. The first-order chi connectivity index (χ1) is 21.0. The van der Waals surface area contributed by atoms with E-state index in [0.29, 0.717) is 17.8 Å². The van der Waals surface area contributed by atoms with Crippen LogP contribution >= 0.6 is 0 Å². The van der Waals surface area contributed by atoms with E-state index in [4.69, 9.17) is 4.74 Å². The fourth-order valence-electron chi connectivity index (χ4n) is 12.8. The summed E-state index contributed by atoms with van der Waals surface area (Å²) in [5, 5.41) is 32.1. The zero-order valence-electron chi connectivity index (χ0n) is 28.1. The quantitative estimate of drug-likeness (QED) is 0.170. The summed E-state index contributed by atoms with van der Waals surface area (Å²) in [6.45, 7) is 18.4. The van der Waals surface area contributed by atoms with E-state index in [1.54, 1.807) is 30.3 Å². The van der Waals surface area contributed by atoms with Crippen molar-refractivity contribution in [2.75, 3.05) is 6.61 Å². The smallest absolute Gasteiger partial charge is 0.330 e. The number of aromatic hydroxyl groups is 1. The molecule has 246 valence electrons. The lowest BCUT2D eigenvalue weighted by Crippen LogP contribution is -2.65. The zero-order chi connectivity index (χ0) is 32.7. The van der Waals surface area contributed by atoms with Crippen LogP contribution in [0.25, 0.3) is 6.08 Å². The van der Waals surface area contributed by atoms with Crippen molar-refractivity contribution >= 4 is 18.0 Å². The van der Waals surface area contributed by atoms with Crippen molar-refractivity contribution < 1.29 is 29.6 Å². The van der Waals surface area contributed by atoms with Crippen LogP contribution in [0, 0.1) is 62.6 Å². The number of phenols is 1. The molecule has 6 heteroatoms. The lowest BCUT2D eigenvalue weighted by atomic mass is 9.34. The molecular weight excluding hydrogens is 564 g/mol. The molecule has 0 bridgehead atoms. The third kappa shape index (κ3) is 4.43. The Balaban J connectivity index is 1.30. The largest absolute Gasteiger partial charge is 0.508 e. The normalized spacial score (nSPS) is 44.8. The number of carbonyl (C=O) groups is 2. The average Bonchev–Trinajstić information content (AvgIpc) is 3.44. The second kappa shape index (κ2) is 10.7. The van der Waals surface area contributed by atoms with Gasteiger partial charge in [-0.1, -0.05) is 58.9 Å². The van der Waals surface area contributed by atoms with E-state index in [1.165, 1.54) is 6.08 Å². The van der Waals surface area contributed by atoms with Crippen LogP contribution in [0.15, 0.2) is 42.5 Å². The standard InChI is InChI=1S/C39H54O6/c1-23(2)26-16-19-39(34(43)44)21-20-36(5)27(32(26)39)13-14-30-37(36,6)18-17-29-35(3,4)33(42)28(38(29,30)7)22-45-31(41)15-10-24-8-11-25(40)12-9-24/h8-12,15,26-30,32-33,40,42H,1,13-14,16-22H2,2-7H3,(H,43,44). The monoisotopic (exact) mass is 618 g/mol. The van der Waals surface area contributed by atoms with Gasteiger partial charge in [0, 0.05) is 12.0 Å². The minimum absolute atomic E-state index is 0.0165. The number of carbonyl (C=O) groups excluding carboxylic acids is 1. The van der Waals surface area contributed by atoms with Gasteiger partial charge in [-0.25, -0.2) is 4.79 Å². The van der Waals surface area contributed by atoms with E-state index in [0.717, 1.165) is 62.5 Å². The minimum atomic E-state index is -0.645. The number of phenolic OH excluding ortho intramolecular Hbond substituents is 1. The number of carboxylic acids is 1. The number of esters is 1. The van der Waals surface area contributed by atoms with E-state index in [1.807, 2.05) is 0 Å². The van der Waals surface area contributed by atoms with Gasteiger partial charge in [0.15, 0.2) is 0 Å². The molecule has 0 heterocycles. The molecule has 6 nitrogen and oxygen atoms in total. The Kier molecular flexibility index (Phi) is 7.70. The van der Waals surface area contributed by atoms with Gasteiger partial charge in [0.2, 0.25) is 0 Å². The first-order valence-corrected chi connectivity index (χ1v) is 17.2. The van der Waals surface area contributed by atoms with Crippen molar-refractivity contribution in [3.05, 3.63) is 48.1 Å². The Labute approximate surface area is 269 Å². The van der Waals surface area contributed by atoms with E-state index in [2.05, 4.69) is 48.1 Å². The van der Waals surface area contributed by atoms with E-state index in [9.17, 15) is 24.9 Å². The molecule has 5 aliphatic carbocycles. The van der Waals surface area contributed by atoms with Crippen molar-refractivity contribution in [1.29, 1.82) is 0 Å². The number of rotatable bonds is 6. The Morgan fingerprint density at radius 3 is 2.27 bits per heavy atom. The van der Waals surface area contributed by atoms with E-state index >= 15 is 0 Å². The first-order valence-electron chi connectivity index (χ1n) is 17.2.